The predicted molar refractivity (Wildman–Crippen MR) is 58.4 cm³/mol. The average molecular weight is 293 g/mol. The van der Waals surface area contributed by atoms with Crippen LogP contribution in [0, 0.1) is 0 Å². The van der Waals surface area contributed by atoms with Crippen LogP contribution in [0.5, 0.6) is 0 Å². The predicted octanol–water partition coefficient (Wildman–Crippen LogP) is 3.14. The number of halogens is 4. The van der Waals surface area contributed by atoms with Gasteiger partial charge in [0.1, 0.15) is 5.92 Å². The van der Waals surface area contributed by atoms with Crippen LogP contribution in [0.3, 0.4) is 0 Å². The van der Waals surface area contributed by atoms with Crippen molar-refractivity contribution in [2.24, 2.45) is 5.10 Å². The van der Waals surface area contributed by atoms with Gasteiger partial charge in [-0.2, -0.15) is 18.3 Å². The molecule has 1 aromatic carbocycles. The van der Waals surface area contributed by atoms with E-state index in [0.29, 0.717) is 5.33 Å². The molecule has 0 aromatic heterocycles. The SMILES string of the molecule is FC(F)(F)C(C1=NN1)c1ccc(CBr)cc1. The van der Waals surface area contributed by atoms with Crippen LogP contribution in [0.1, 0.15) is 17.0 Å². The molecule has 2 rings (SSSR count). The first-order valence-electron chi connectivity index (χ1n) is 4.57. The Morgan fingerprint density at radius 3 is 2.19 bits per heavy atom. The number of rotatable bonds is 3. The number of hydrazone groups is 1. The lowest BCUT2D eigenvalue weighted by atomic mass is 9.97. The molecule has 1 aromatic rings. The molecule has 6 heteroatoms. The molecule has 1 aliphatic heterocycles. The molecule has 0 aliphatic carbocycles. The fraction of sp³-hybridized carbons (Fsp3) is 0.300. The van der Waals surface area contributed by atoms with E-state index in [4.69, 9.17) is 0 Å². The second-order valence-electron chi connectivity index (χ2n) is 3.46. The summed E-state index contributed by atoms with van der Waals surface area (Å²) >= 11 is 3.24. The first kappa shape index (κ1) is 11.4. The molecule has 86 valence electrons. The Bertz CT molecular complexity index is 411. The van der Waals surface area contributed by atoms with Crippen LogP contribution < -0.4 is 5.43 Å². The number of amidine groups is 1. The molecule has 0 saturated heterocycles. The second kappa shape index (κ2) is 4.08. The van der Waals surface area contributed by atoms with Crippen molar-refractivity contribution in [3.05, 3.63) is 35.4 Å². The van der Waals surface area contributed by atoms with Crippen molar-refractivity contribution < 1.29 is 13.2 Å². The zero-order chi connectivity index (χ0) is 11.8. The van der Waals surface area contributed by atoms with Crippen molar-refractivity contribution in [1.29, 1.82) is 0 Å². The summed E-state index contributed by atoms with van der Waals surface area (Å²) in [5.74, 6) is -1.64. The van der Waals surface area contributed by atoms with Crippen molar-refractivity contribution >= 4 is 21.8 Å². The summed E-state index contributed by atoms with van der Waals surface area (Å²) in [6.07, 6.45) is -4.31. The lowest BCUT2D eigenvalue weighted by Crippen LogP contribution is -2.26. The number of benzene rings is 1. The third-order valence-corrected chi connectivity index (χ3v) is 2.96. The Hall–Kier alpha value is -1.04. The fourth-order valence-corrected chi connectivity index (χ4v) is 1.84. The highest BCUT2D eigenvalue weighted by Gasteiger charge is 2.47. The summed E-state index contributed by atoms with van der Waals surface area (Å²) in [5, 5.41) is 4.05. The van der Waals surface area contributed by atoms with Gasteiger partial charge in [0.25, 0.3) is 0 Å². The van der Waals surface area contributed by atoms with Crippen LogP contribution in [0.4, 0.5) is 13.2 Å². The van der Waals surface area contributed by atoms with E-state index in [1.54, 1.807) is 12.1 Å². The lowest BCUT2D eigenvalue weighted by Gasteiger charge is -2.16. The third kappa shape index (κ3) is 2.37. The molecule has 0 spiro atoms. The zero-order valence-corrected chi connectivity index (χ0v) is 9.64. The average Bonchev–Trinajstić information content (AvgIpc) is 3.01. The van der Waals surface area contributed by atoms with Crippen molar-refractivity contribution in [1.82, 2.24) is 5.43 Å². The molecule has 1 heterocycles. The quantitative estimate of drug-likeness (QED) is 0.854. The van der Waals surface area contributed by atoms with Crippen LogP contribution in [-0.4, -0.2) is 12.0 Å². The van der Waals surface area contributed by atoms with Crippen molar-refractivity contribution in [2.75, 3.05) is 0 Å². The lowest BCUT2D eigenvalue weighted by molar-refractivity contribution is -0.134. The largest absolute Gasteiger partial charge is 0.402 e. The molecule has 1 aliphatic rings. The van der Waals surface area contributed by atoms with Crippen LogP contribution in [0.15, 0.2) is 29.4 Å². The normalized spacial score (nSPS) is 16.4. The van der Waals surface area contributed by atoms with Gasteiger partial charge in [0.05, 0.1) is 0 Å². The molecular formula is C10H8BrF3N2. The molecule has 16 heavy (non-hydrogen) atoms. The Morgan fingerprint density at radius 2 is 1.81 bits per heavy atom. The van der Waals surface area contributed by atoms with E-state index in [9.17, 15) is 13.2 Å². The van der Waals surface area contributed by atoms with E-state index in [0.717, 1.165) is 5.56 Å². The summed E-state index contributed by atoms with van der Waals surface area (Å²) in [6.45, 7) is 0. The zero-order valence-electron chi connectivity index (χ0n) is 8.05. The molecule has 1 atom stereocenters. The van der Waals surface area contributed by atoms with Gasteiger partial charge >= 0.3 is 6.18 Å². The monoisotopic (exact) mass is 292 g/mol. The van der Waals surface area contributed by atoms with Gasteiger partial charge in [0.2, 0.25) is 0 Å². The van der Waals surface area contributed by atoms with E-state index in [2.05, 4.69) is 26.5 Å². The molecule has 0 amide bonds. The molecule has 0 bridgehead atoms. The number of nitrogens with zero attached hydrogens (tertiary/aromatic N) is 1. The van der Waals surface area contributed by atoms with Gasteiger partial charge in [-0.05, 0) is 11.1 Å². The van der Waals surface area contributed by atoms with Crippen LogP contribution >= 0.6 is 15.9 Å². The van der Waals surface area contributed by atoms with Gasteiger partial charge < -0.3 is 0 Å². The first-order chi connectivity index (χ1) is 7.52. The molecule has 0 fully saturated rings. The Morgan fingerprint density at radius 1 is 1.25 bits per heavy atom. The maximum Gasteiger partial charge on any atom is 0.402 e. The van der Waals surface area contributed by atoms with E-state index in [-0.39, 0.29) is 11.4 Å². The Balaban J connectivity index is 2.29. The van der Waals surface area contributed by atoms with E-state index in [1.165, 1.54) is 12.1 Å². The number of nitrogens with one attached hydrogen (secondary N) is 1. The van der Waals surface area contributed by atoms with Gasteiger partial charge in [-0.15, -0.1) is 0 Å². The van der Waals surface area contributed by atoms with Gasteiger partial charge in [0.15, 0.2) is 5.84 Å². The maximum absolute atomic E-state index is 12.7. The molecule has 0 radical (unpaired) electrons. The molecule has 2 nitrogen and oxygen atoms in total. The summed E-state index contributed by atoms with van der Waals surface area (Å²) in [7, 11) is 0. The van der Waals surface area contributed by atoms with Gasteiger partial charge in [0, 0.05) is 5.33 Å². The molecule has 0 saturated carbocycles. The topological polar surface area (TPSA) is 34.3 Å². The van der Waals surface area contributed by atoms with Crippen LogP contribution in [0.25, 0.3) is 0 Å². The first-order valence-corrected chi connectivity index (χ1v) is 5.69. The number of hydrogen-bond donors (Lipinski definition) is 1. The minimum atomic E-state index is -4.31. The third-order valence-electron chi connectivity index (χ3n) is 2.31. The minimum Gasteiger partial charge on any atom is -0.261 e. The van der Waals surface area contributed by atoms with E-state index < -0.39 is 12.1 Å². The highest BCUT2D eigenvalue weighted by atomic mass is 79.9. The fourth-order valence-electron chi connectivity index (χ4n) is 1.46. The van der Waals surface area contributed by atoms with Gasteiger partial charge in [-0.1, -0.05) is 40.2 Å². The standard InChI is InChI=1S/C10H8BrF3N2/c11-5-6-1-3-7(4-2-6)8(9-15-16-9)10(12,13)14/h1-4,8H,5H2,(H,15,16). The van der Waals surface area contributed by atoms with E-state index >= 15 is 0 Å². The van der Waals surface area contributed by atoms with Crippen molar-refractivity contribution in [3.8, 4) is 0 Å². The summed E-state index contributed by atoms with van der Waals surface area (Å²) in [6, 6.07) is 6.31. The summed E-state index contributed by atoms with van der Waals surface area (Å²) in [5.41, 5.74) is 3.43. The molecular weight excluding hydrogens is 285 g/mol. The molecule has 1 unspecified atom stereocenters. The highest BCUT2D eigenvalue weighted by Crippen LogP contribution is 2.37. The van der Waals surface area contributed by atoms with Crippen molar-refractivity contribution in [2.45, 2.75) is 17.4 Å². The maximum atomic E-state index is 12.7. The second-order valence-corrected chi connectivity index (χ2v) is 4.02. The molecule has 1 N–H and O–H groups in total. The Labute approximate surface area is 98.7 Å². The summed E-state index contributed by atoms with van der Waals surface area (Å²) in [4.78, 5) is 0. The number of hydrogen-bond acceptors (Lipinski definition) is 2. The smallest absolute Gasteiger partial charge is 0.261 e. The van der Waals surface area contributed by atoms with Gasteiger partial charge in [-0.25, -0.2) is 0 Å². The van der Waals surface area contributed by atoms with E-state index in [1.807, 2.05) is 0 Å². The van der Waals surface area contributed by atoms with Crippen molar-refractivity contribution in [3.63, 3.8) is 0 Å². The van der Waals surface area contributed by atoms with Crippen LogP contribution in [-0.2, 0) is 5.33 Å². The summed E-state index contributed by atoms with van der Waals surface area (Å²) < 4.78 is 38.2. The Kier molecular flexibility index (Phi) is 2.92. The van der Waals surface area contributed by atoms with Crippen LogP contribution in [0.2, 0.25) is 0 Å². The van der Waals surface area contributed by atoms with Gasteiger partial charge in [-0.3, -0.25) is 5.43 Å². The minimum absolute atomic E-state index is 0.0147. The highest BCUT2D eigenvalue weighted by molar-refractivity contribution is 9.08. The number of alkyl halides is 4.